The van der Waals surface area contributed by atoms with E-state index in [0.717, 1.165) is 32.0 Å². The van der Waals surface area contributed by atoms with E-state index >= 15 is 0 Å². The monoisotopic (exact) mass is 316 g/mol. The molecule has 0 spiro atoms. The summed E-state index contributed by atoms with van der Waals surface area (Å²) in [6, 6.07) is 10.7. The zero-order valence-corrected chi connectivity index (χ0v) is 14.2. The molecule has 126 valence electrons. The Kier molecular flexibility index (Phi) is 6.91. The molecule has 1 fully saturated rings. The summed E-state index contributed by atoms with van der Waals surface area (Å²) in [6.45, 7) is 7.76. The number of carbonyl (C=O) groups is 1. The Bertz CT molecular complexity index is 515. The van der Waals surface area contributed by atoms with Gasteiger partial charge in [-0.05, 0) is 31.2 Å². The third-order valence-corrected chi connectivity index (χ3v) is 4.03. The fourth-order valence-corrected chi connectivity index (χ4v) is 2.96. The van der Waals surface area contributed by atoms with Crippen molar-refractivity contribution in [3.8, 4) is 0 Å². The molecule has 1 unspecified atom stereocenters. The van der Waals surface area contributed by atoms with Gasteiger partial charge in [-0.15, -0.1) is 0 Å². The standard InChI is InChI=1S/C18H28N4O/c1-3-19-18(21-11-10-20-15(2)23)22-12-9-17(14-22)13-16-7-5-4-6-8-16/h4-8,17H,3,9-14H2,1-2H3,(H,19,21)(H,20,23). The molecule has 5 heteroatoms. The van der Waals surface area contributed by atoms with Crippen LogP contribution in [0.2, 0.25) is 0 Å². The largest absolute Gasteiger partial charge is 0.357 e. The summed E-state index contributed by atoms with van der Waals surface area (Å²) in [5, 5.41) is 6.14. The molecule has 2 N–H and O–H groups in total. The number of hydrogen-bond donors (Lipinski definition) is 2. The summed E-state index contributed by atoms with van der Waals surface area (Å²) in [5.74, 6) is 1.64. The van der Waals surface area contributed by atoms with E-state index in [2.05, 4.69) is 57.8 Å². The molecular weight excluding hydrogens is 288 g/mol. The first-order chi connectivity index (χ1) is 11.2. The molecule has 2 rings (SSSR count). The molecule has 23 heavy (non-hydrogen) atoms. The van der Waals surface area contributed by atoms with Crippen LogP contribution in [-0.2, 0) is 11.2 Å². The van der Waals surface area contributed by atoms with E-state index in [1.165, 1.54) is 18.9 Å². The molecule has 0 aromatic heterocycles. The van der Waals surface area contributed by atoms with E-state index in [9.17, 15) is 4.79 Å². The molecule has 1 amide bonds. The quantitative estimate of drug-likeness (QED) is 0.477. The molecule has 5 nitrogen and oxygen atoms in total. The van der Waals surface area contributed by atoms with Crippen molar-refractivity contribution in [1.82, 2.24) is 15.5 Å². The van der Waals surface area contributed by atoms with Crippen LogP contribution in [0, 0.1) is 5.92 Å². The summed E-state index contributed by atoms with van der Waals surface area (Å²) < 4.78 is 0. The SMILES string of the molecule is CCNC(=NCCNC(C)=O)N1CCC(Cc2ccccc2)C1. The lowest BCUT2D eigenvalue weighted by molar-refractivity contribution is -0.118. The van der Waals surface area contributed by atoms with E-state index in [1.54, 1.807) is 0 Å². The number of rotatable bonds is 6. The number of guanidine groups is 1. The Balaban J connectivity index is 1.85. The van der Waals surface area contributed by atoms with Crippen LogP contribution in [0.25, 0.3) is 0 Å². The molecule has 1 heterocycles. The average Bonchev–Trinajstić information content (AvgIpc) is 2.99. The van der Waals surface area contributed by atoms with Crippen molar-refractivity contribution in [3.63, 3.8) is 0 Å². The highest BCUT2D eigenvalue weighted by atomic mass is 16.1. The lowest BCUT2D eigenvalue weighted by atomic mass is 9.99. The second-order valence-electron chi connectivity index (χ2n) is 6.01. The van der Waals surface area contributed by atoms with Crippen molar-refractivity contribution >= 4 is 11.9 Å². The van der Waals surface area contributed by atoms with Crippen LogP contribution in [0.1, 0.15) is 25.8 Å². The number of hydrogen-bond acceptors (Lipinski definition) is 2. The van der Waals surface area contributed by atoms with Crippen LogP contribution in [0.15, 0.2) is 35.3 Å². The van der Waals surface area contributed by atoms with Crippen LogP contribution in [0.3, 0.4) is 0 Å². The number of amides is 1. The second-order valence-corrected chi connectivity index (χ2v) is 6.01. The Morgan fingerprint density at radius 1 is 1.30 bits per heavy atom. The first kappa shape index (κ1) is 17.3. The Morgan fingerprint density at radius 3 is 2.78 bits per heavy atom. The number of aliphatic imine (C=N–C) groups is 1. The number of likely N-dealkylation sites (tertiary alicyclic amines) is 1. The summed E-state index contributed by atoms with van der Waals surface area (Å²) in [6.07, 6.45) is 2.33. The van der Waals surface area contributed by atoms with Crippen molar-refractivity contribution in [2.24, 2.45) is 10.9 Å². The van der Waals surface area contributed by atoms with Crippen LogP contribution in [-0.4, -0.2) is 49.5 Å². The second kappa shape index (κ2) is 9.18. The van der Waals surface area contributed by atoms with Gasteiger partial charge in [0.1, 0.15) is 0 Å². The number of carbonyl (C=O) groups excluding carboxylic acids is 1. The van der Waals surface area contributed by atoms with Crippen LogP contribution in [0.5, 0.6) is 0 Å². The average molecular weight is 316 g/mol. The van der Waals surface area contributed by atoms with Gasteiger partial charge in [0.25, 0.3) is 0 Å². The van der Waals surface area contributed by atoms with Crippen molar-refractivity contribution in [3.05, 3.63) is 35.9 Å². The Morgan fingerprint density at radius 2 is 2.09 bits per heavy atom. The van der Waals surface area contributed by atoms with Gasteiger partial charge in [0.2, 0.25) is 5.91 Å². The summed E-state index contributed by atoms with van der Waals surface area (Å²) in [7, 11) is 0. The van der Waals surface area contributed by atoms with E-state index in [4.69, 9.17) is 0 Å². The van der Waals surface area contributed by atoms with Crippen LogP contribution >= 0.6 is 0 Å². The molecule has 0 aliphatic carbocycles. The third kappa shape index (κ3) is 5.93. The van der Waals surface area contributed by atoms with E-state index in [-0.39, 0.29) is 5.91 Å². The zero-order chi connectivity index (χ0) is 16.5. The van der Waals surface area contributed by atoms with Gasteiger partial charge >= 0.3 is 0 Å². The van der Waals surface area contributed by atoms with Gasteiger partial charge in [0, 0.05) is 33.1 Å². The minimum absolute atomic E-state index is 0.00528. The molecule has 1 aromatic rings. The molecule has 1 aromatic carbocycles. The maximum Gasteiger partial charge on any atom is 0.216 e. The highest BCUT2D eigenvalue weighted by molar-refractivity contribution is 5.80. The maximum absolute atomic E-state index is 10.9. The highest BCUT2D eigenvalue weighted by Crippen LogP contribution is 2.20. The summed E-state index contributed by atoms with van der Waals surface area (Å²) >= 11 is 0. The molecule has 1 aliphatic rings. The molecule has 0 radical (unpaired) electrons. The fraction of sp³-hybridized carbons (Fsp3) is 0.556. The summed E-state index contributed by atoms with van der Waals surface area (Å²) in [4.78, 5) is 17.9. The van der Waals surface area contributed by atoms with Gasteiger partial charge in [-0.2, -0.15) is 0 Å². The number of benzene rings is 1. The predicted molar refractivity (Wildman–Crippen MR) is 94.5 cm³/mol. The zero-order valence-electron chi connectivity index (χ0n) is 14.2. The van der Waals surface area contributed by atoms with Gasteiger partial charge < -0.3 is 15.5 Å². The first-order valence-electron chi connectivity index (χ1n) is 8.50. The van der Waals surface area contributed by atoms with Crippen LogP contribution < -0.4 is 10.6 Å². The number of nitrogens with zero attached hydrogens (tertiary/aromatic N) is 2. The van der Waals surface area contributed by atoms with Gasteiger partial charge in [-0.25, -0.2) is 0 Å². The van der Waals surface area contributed by atoms with Gasteiger partial charge in [0.15, 0.2) is 5.96 Å². The molecule has 1 aliphatic heterocycles. The fourth-order valence-electron chi connectivity index (χ4n) is 2.96. The lowest BCUT2D eigenvalue weighted by Crippen LogP contribution is -2.40. The predicted octanol–water partition coefficient (Wildman–Crippen LogP) is 1.65. The van der Waals surface area contributed by atoms with Gasteiger partial charge in [-0.1, -0.05) is 30.3 Å². The molecule has 1 saturated heterocycles. The Labute approximate surface area is 139 Å². The van der Waals surface area contributed by atoms with Gasteiger partial charge in [0.05, 0.1) is 6.54 Å². The topological polar surface area (TPSA) is 56.7 Å². The van der Waals surface area contributed by atoms with Crippen molar-refractivity contribution in [1.29, 1.82) is 0 Å². The third-order valence-electron chi connectivity index (χ3n) is 4.03. The smallest absolute Gasteiger partial charge is 0.216 e. The van der Waals surface area contributed by atoms with Gasteiger partial charge in [-0.3, -0.25) is 9.79 Å². The first-order valence-corrected chi connectivity index (χ1v) is 8.50. The lowest BCUT2D eigenvalue weighted by Gasteiger charge is -2.21. The molecular formula is C18H28N4O. The molecule has 1 atom stereocenters. The minimum Gasteiger partial charge on any atom is -0.357 e. The highest BCUT2D eigenvalue weighted by Gasteiger charge is 2.24. The minimum atomic E-state index is -0.00528. The van der Waals surface area contributed by atoms with E-state index in [0.29, 0.717) is 19.0 Å². The summed E-state index contributed by atoms with van der Waals surface area (Å²) in [5.41, 5.74) is 1.41. The maximum atomic E-state index is 10.9. The molecule has 0 bridgehead atoms. The van der Waals surface area contributed by atoms with E-state index in [1.807, 2.05) is 0 Å². The normalized spacial score (nSPS) is 18.1. The van der Waals surface area contributed by atoms with Crippen LogP contribution in [0.4, 0.5) is 0 Å². The Hall–Kier alpha value is -2.04. The van der Waals surface area contributed by atoms with Crippen molar-refractivity contribution in [2.75, 3.05) is 32.7 Å². The molecule has 0 saturated carbocycles. The van der Waals surface area contributed by atoms with E-state index < -0.39 is 0 Å². The van der Waals surface area contributed by atoms with Crippen molar-refractivity contribution in [2.45, 2.75) is 26.7 Å². The number of nitrogens with one attached hydrogen (secondary N) is 2. The van der Waals surface area contributed by atoms with Crippen molar-refractivity contribution < 1.29 is 4.79 Å².